The van der Waals surface area contributed by atoms with Crippen molar-refractivity contribution in [1.29, 1.82) is 0 Å². The van der Waals surface area contributed by atoms with Crippen LogP contribution in [0.2, 0.25) is 0 Å². The molecule has 1 aliphatic carbocycles. The predicted molar refractivity (Wildman–Crippen MR) is 75.0 cm³/mol. The van der Waals surface area contributed by atoms with Crippen LogP contribution in [0.5, 0.6) is 0 Å². The summed E-state index contributed by atoms with van der Waals surface area (Å²) < 4.78 is 1.40. The van der Waals surface area contributed by atoms with E-state index in [1.165, 1.54) is 36.6 Å². The Balaban J connectivity index is 1.69. The van der Waals surface area contributed by atoms with Gasteiger partial charge in [-0.3, -0.25) is 0 Å². The molecule has 0 atom stereocenters. The molecule has 1 heterocycles. The molecule has 0 spiro atoms. The van der Waals surface area contributed by atoms with Gasteiger partial charge in [0.25, 0.3) is 0 Å². The minimum atomic E-state index is -1.11. The number of aromatic carboxylic acids is 1. The van der Waals surface area contributed by atoms with Crippen molar-refractivity contribution in [3.63, 3.8) is 0 Å². The van der Waals surface area contributed by atoms with Crippen LogP contribution in [0, 0.1) is 5.92 Å². The first-order chi connectivity index (χ1) is 10.1. The second kappa shape index (κ2) is 7.05. The fraction of sp³-hybridized carbons (Fsp3) is 0.692. The molecular weight excluding hydrogens is 274 g/mol. The zero-order valence-corrected chi connectivity index (χ0v) is 12.2. The smallest absolute Gasteiger partial charge is 0.358 e. The number of carbonyl (C=O) groups excluding carboxylic acids is 1. The van der Waals surface area contributed by atoms with Gasteiger partial charge in [0.1, 0.15) is 0 Å². The molecule has 0 bridgehead atoms. The van der Waals surface area contributed by atoms with E-state index >= 15 is 0 Å². The second-order valence-electron chi connectivity index (χ2n) is 5.43. The van der Waals surface area contributed by atoms with Gasteiger partial charge in [-0.1, -0.05) is 18.1 Å². The minimum absolute atomic E-state index is 0.0975. The van der Waals surface area contributed by atoms with Crippen molar-refractivity contribution in [2.45, 2.75) is 32.2 Å². The predicted octanol–water partition coefficient (Wildman–Crippen LogP) is 0.808. The number of carboxylic acids is 1. The van der Waals surface area contributed by atoms with Crippen LogP contribution < -0.4 is 5.32 Å². The Labute approximate surface area is 123 Å². The van der Waals surface area contributed by atoms with Gasteiger partial charge in [-0.2, -0.15) is 0 Å². The molecule has 1 fully saturated rings. The Morgan fingerprint density at radius 2 is 2.19 bits per heavy atom. The first-order valence-electron chi connectivity index (χ1n) is 7.18. The summed E-state index contributed by atoms with van der Waals surface area (Å²) in [7, 11) is 1.80. The summed E-state index contributed by atoms with van der Waals surface area (Å²) in [6, 6.07) is -0.111. The third kappa shape index (κ3) is 4.44. The van der Waals surface area contributed by atoms with Gasteiger partial charge in [0.2, 0.25) is 0 Å². The molecule has 0 radical (unpaired) electrons. The van der Waals surface area contributed by atoms with E-state index < -0.39 is 5.97 Å². The Morgan fingerprint density at radius 1 is 1.48 bits per heavy atom. The number of aromatic nitrogens is 3. The van der Waals surface area contributed by atoms with Crippen LogP contribution in [-0.4, -0.2) is 57.1 Å². The zero-order valence-electron chi connectivity index (χ0n) is 12.2. The number of hydrogen-bond acceptors (Lipinski definition) is 4. The number of nitrogens with one attached hydrogen (secondary N) is 1. The van der Waals surface area contributed by atoms with Crippen LogP contribution in [-0.2, 0) is 6.54 Å². The molecule has 0 unspecified atom stereocenters. The monoisotopic (exact) mass is 295 g/mol. The van der Waals surface area contributed by atoms with Gasteiger partial charge < -0.3 is 15.3 Å². The van der Waals surface area contributed by atoms with E-state index in [1.807, 2.05) is 0 Å². The van der Waals surface area contributed by atoms with E-state index in [0.29, 0.717) is 19.0 Å². The third-order valence-electron chi connectivity index (χ3n) is 3.73. The molecule has 116 valence electrons. The molecule has 2 amide bonds. The highest BCUT2D eigenvalue weighted by Gasteiger charge is 2.19. The van der Waals surface area contributed by atoms with Crippen molar-refractivity contribution in [2.24, 2.45) is 5.92 Å². The van der Waals surface area contributed by atoms with Gasteiger partial charge >= 0.3 is 12.0 Å². The first kappa shape index (κ1) is 15.3. The summed E-state index contributed by atoms with van der Waals surface area (Å²) in [5, 5.41) is 18.7. The third-order valence-corrected chi connectivity index (χ3v) is 3.73. The number of hydrogen-bond donors (Lipinski definition) is 2. The van der Waals surface area contributed by atoms with Crippen LogP contribution >= 0.6 is 0 Å². The molecule has 2 N–H and O–H groups in total. The van der Waals surface area contributed by atoms with Crippen molar-refractivity contribution < 1.29 is 14.7 Å². The number of carboxylic acid groups (broad SMARTS) is 1. The van der Waals surface area contributed by atoms with E-state index in [9.17, 15) is 9.59 Å². The van der Waals surface area contributed by atoms with Crippen LogP contribution in [0.1, 0.15) is 36.2 Å². The summed E-state index contributed by atoms with van der Waals surface area (Å²) in [6.45, 7) is 1.57. The van der Waals surface area contributed by atoms with Gasteiger partial charge in [0, 0.05) is 20.1 Å². The van der Waals surface area contributed by atoms with Crippen molar-refractivity contribution in [3.05, 3.63) is 11.9 Å². The van der Waals surface area contributed by atoms with Gasteiger partial charge in [0.15, 0.2) is 5.69 Å². The SMILES string of the molecule is CN(CC1CCCC1)C(=O)NCCn1cc(C(=O)O)nn1. The lowest BCUT2D eigenvalue weighted by atomic mass is 10.1. The van der Waals surface area contributed by atoms with Crippen molar-refractivity contribution >= 4 is 12.0 Å². The summed E-state index contributed by atoms with van der Waals surface area (Å²) in [4.78, 5) is 24.3. The topological polar surface area (TPSA) is 100 Å². The lowest BCUT2D eigenvalue weighted by molar-refractivity contribution is 0.0690. The molecule has 0 saturated heterocycles. The van der Waals surface area contributed by atoms with Crippen LogP contribution in [0.4, 0.5) is 4.79 Å². The summed E-state index contributed by atoms with van der Waals surface area (Å²) >= 11 is 0. The fourth-order valence-corrected chi connectivity index (χ4v) is 2.58. The van der Waals surface area contributed by atoms with E-state index in [0.717, 1.165) is 6.54 Å². The van der Waals surface area contributed by atoms with Gasteiger partial charge in [-0.15, -0.1) is 5.10 Å². The number of nitrogens with zero attached hydrogens (tertiary/aromatic N) is 4. The van der Waals surface area contributed by atoms with E-state index in [-0.39, 0.29) is 11.7 Å². The summed E-state index contributed by atoms with van der Waals surface area (Å²) in [6.07, 6.45) is 6.27. The van der Waals surface area contributed by atoms with E-state index in [4.69, 9.17) is 5.11 Å². The van der Waals surface area contributed by atoms with E-state index in [2.05, 4.69) is 15.6 Å². The molecular formula is C13H21N5O3. The quantitative estimate of drug-likeness (QED) is 0.808. The Hall–Kier alpha value is -2.12. The number of rotatable bonds is 6. The molecule has 0 aliphatic heterocycles. The lowest BCUT2D eigenvalue weighted by Gasteiger charge is -2.21. The average Bonchev–Trinajstić information content (AvgIpc) is 3.09. The van der Waals surface area contributed by atoms with Crippen molar-refractivity contribution in [1.82, 2.24) is 25.2 Å². The fourth-order valence-electron chi connectivity index (χ4n) is 2.58. The lowest BCUT2D eigenvalue weighted by Crippen LogP contribution is -2.40. The number of amides is 2. The normalized spacial score (nSPS) is 15.1. The molecule has 1 aromatic rings. The van der Waals surface area contributed by atoms with Crippen LogP contribution in [0.25, 0.3) is 0 Å². The molecule has 8 heteroatoms. The Morgan fingerprint density at radius 3 is 2.81 bits per heavy atom. The first-order valence-corrected chi connectivity index (χ1v) is 7.18. The van der Waals surface area contributed by atoms with Gasteiger partial charge in [0.05, 0.1) is 12.7 Å². The van der Waals surface area contributed by atoms with Gasteiger partial charge in [-0.05, 0) is 18.8 Å². The van der Waals surface area contributed by atoms with E-state index in [1.54, 1.807) is 11.9 Å². The van der Waals surface area contributed by atoms with Crippen LogP contribution in [0.15, 0.2) is 6.20 Å². The average molecular weight is 295 g/mol. The highest BCUT2D eigenvalue weighted by atomic mass is 16.4. The van der Waals surface area contributed by atoms with Crippen molar-refractivity contribution in [2.75, 3.05) is 20.1 Å². The van der Waals surface area contributed by atoms with Gasteiger partial charge in [-0.25, -0.2) is 14.3 Å². The highest BCUT2D eigenvalue weighted by molar-refractivity contribution is 5.84. The number of carbonyl (C=O) groups is 2. The minimum Gasteiger partial charge on any atom is -0.476 e. The number of urea groups is 1. The Kier molecular flexibility index (Phi) is 5.13. The summed E-state index contributed by atoms with van der Waals surface area (Å²) in [5.74, 6) is -0.490. The molecule has 21 heavy (non-hydrogen) atoms. The largest absolute Gasteiger partial charge is 0.476 e. The van der Waals surface area contributed by atoms with Crippen molar-refractivity contribution in [3.8, 4) is 0 Å². The second-order valence-corrected chi connectivity index (χ2v) is 5.43. The molecule has 8 nitrogen and oxygen atoms in total. The molecule has 1 aliphatic rings. The standard InChI is InChI=1S/C13H21N5O3/c1-17(8-10-4-2-3-5-10)13(21)14-6-7-18-9-11(12(19)20)15-16-18/h9-10H,2-8H2,1H3,(H,14,21)(H,19,20). The Bertz CT molecular complexity index is 496. The summed E-state index contributed by atoms with van der Waals surface area (Å²) in [5.41, 5.74) is -0.0975. The maximum atomic E-state index is 11.9. The zero-order chi connectivity index (χ0) is 15.2. The maximum absolute atomic E-state index is 11.9. The molecule has 2 rings (SSSR count). The molecule has 1 saturated carbocycles. The maximum Gasteiger partial charge on any atom is 0.358 e. The molecule has 0 aromatic carbocycles. The molecule has 1 aromatic heterocycles. The highest BCUT2D eigenvalue weighted by Crippen LogP contribution is 2.25. The van der Waals surface area contributed by atoms with Crippen LogP contribution in [0.3, 0.4) is 0 Å².